The van der Waals surface area contributed by atoms with Crippen LogP contribution in [0.2, 0.25) is 0 Å². The normalized spacial score (nSPS) is 9.92. The predicted octanol–water partition coefficient (Wildman–Crippen LogP) is 2.52. The van der Waals surface area contributed by atoms with Crippen molar-refractivity contribution < 1.29 is 9.59 Å². The minimum Gasteiger partial charge on any atom is -0.337 e. The molecule has 0 bridgehead atoms. The number of carbonyl (C=O) groups excluding carboxylic acids is 2. The molecule has 6 heteroatoms. The molecule has 0 radical (unpaired) electrons. The number of nitrogens with one attached hydrogen (secondary N) is 1. The SMILES string of the molecule is CC(=O)Nc1ccc(CC(=O)N(CCC#N)Cc2cccnc2)cc1. The van der Waals surface area contributed by atoms with Crippen LogP contribution in [-0.4, -0.2) is 28.2 Å². The number of benzene rings is 1. The lowest BCUT2D eigenvalue weighted by Gasteiger charge is -2.21. The number of hydrogen-bond acceptors (Lipinski definition) is 4. The highest BCUT2D eigenvalue weighted by molar-refractivity contribution is 5.88. The number of rotatable bonds is 7. The van der Waals surface area contributed by atoms with Gasteiger partial charge in [-0.3, -0.25) is 14.6 Å². The highest BCUT2D eigenvalue weighted by atomic mass is 16.2. The predicted molar refractivity (Wildman–Crippen MR) is 94.3 cm³/mol. The van der Waals surface area contributed by atoms with Gasteiger partial charge in [-0.1, -0.05) is 18.2 Å². The van der Waals surface area contributed by atoms with E-state index in [0.717, 1.165) is 11.1 Å². The molecule has 0 saturated heterocycles. The van der Waals surface area contributed by atoms with Crippen molar-refractivity contribution in [3.8, 4) is 6.07 Å². The standard InChI is InChI=1S/C19H20N4O2/c1-15(24)22-18-7-5-16(6-8-18)12-19(25)23(11-3-9-20)14-17-4-2-10-21-13-17/h2,4-8,10,13H,3,11-12,14H2,1H3,(H,22,24). The van der Waals surface area contributed by atoms with Gasteiger partial charge in [0.15, 0.2) is 0 Å². The number of anilines is 1. The molecule has 0 aliphatic carbocycles. The van der Waals surface area contributed by atoms with Gasteiger partial charge in [0.05, 0.1) is 18.9 Å². The molecule has 1 heterocycles. The Bertz CT molecular complexity index is 751. The van der Waals surface area contributed by atoms with E-state index in [-0.39, 0.29) is 24.7 Å². The monoisotopic (exact) mass is 336 g/mol. The van der Waals surface area contributed by atoms with Crippen molar-refractivity contribution in [2.24, 2.45) is 0 Å². The van der Waals surface area contributed by atoms with Crippen LogP contribution < -0.4 is 5.32 Å². The molecule has 6 nitrogen and oxygen atoms in total. The molecule has 0 fully saturated rings. The topological polar surface area (TPSA) is 86.1 Å². The molecule has 0 saturated carbocycles. The lowest BCUT2D eigenvalue weighted by Crippen LogP contribution is -2.32. The molecular weight excluding hydrogens is 316 g/mol. The van der Waals surface area contributed by atoms with Crippen LogP contribution in [0.25, 0.3) is 0 Å². The van der Waals surface area contributed by atoms with Gasteiger partial charge in [0.2, 0.25) is 11.8 Å². The lowest BCUT2D eigenvalue weighted by molar-refractivity contribution is -0.131. The van der Waals surface area contributed by atoms with Crippen LogP contribution in [0.5, 0.6) is 0 Å². The number of amides is 2. The first-order chi connectivity index (χ1) is 12.1. The van der Waals surface area contributed by atoms with Gasteiger partial charge in [0, 0.05) is 38.1 Å². The van der Waals surface area contributed by atoms with Crippen molar-refractivity contribution in [3.63, 3.8) is 0 Å². The number of nitrogens with zero attached hydrogens (tertiary/aromatic N) is 3. The Hall–Kier alpha value is -3.20. The van der Waals surface area contributed by atoms with Crippen LogP contribution in [0, 0.1) is 11.3 Å². The molecule has 1 aromatic carbocycles. The summed E-state index contributed by atoms with van der Waals surface area (Å²) in [6.45, 7) is 2.26. The van der Waals surface area contributed by atoms with Crippen LogP contribution in [0.4, 0.5) is 5.69 Å². The Morgan fingerprint density at radius 3 is 2.56 bits per heavy atom. The average molecular weight is 336 g/mol. The molecule has 0 atom stereocenters. The molecule has 0 aliphatic heterocycles. The number of carbonyl (C=O) groups is 2. The van der Waals surface area contributed by atoms with Crippen molar-refractivity contribution >= 4 is 17.5 Å². The minimum atomic E-state index is -0.136. The van der Waals surface area contributed by atoms with E-state index in [4.69, 9.17) is 5.26 Å². The first-order valence-corrected chi connectivity index (χ1v) is 7.98. The third-order valence-corrected chi connectivity index (χ3v) is 3.57. The van der Waals surface area contributed by atoms with E-state index in [9.17, 15) is 9.59 Å². The molecule has 128 valence electrons. The Labute approximate surface area is 147 Å². The van der Waals surface area contributed by atoms with Gasteiger partial charge in [0.25, 0.3) is 0 Å². The summed E-state index contributed by atoms with van der Waals surface area (Å²) in [4.78, 5) is 29.4. The van der Waals surface area contributed by atoms with E-state index in [1.54, 1.807) is 29.4 Å². The van der Waals surface area contributed by atoms with Gasteiger partial charge in [-0.25, -0.2) is 0 Å². The number of nitriles is 1. The van der Waals surface area contributed by atoms with Crippen molar-refractivity contribution in [2.75, 3.05) is 11.9 Å². The zero-order chi connectivity index (χ0) is 18.1. The van der Waals surface area contributed by atoms with Crippen molar-refractivity contribution in [3.05, 3.63) is 59.9 Å². The quantitative estimate of drug-likeness (QED) is 0.842. The summed E-state index contributed by atoms with van der Waals surface area (Å²) < 4.78 is 0. The molecule has 1 N–H and O–H groups in total. The molecule has 25 heavy (non-hydrogen) atoms. The van der Waals surface area contributed by atoms with E-state index >= 15 is 0 Å². The second kappa shape index (κ2) is 9.18. The van der Waals surface area contributed by atoms with E-state index < -0.39 is 0 Å². The number of aromatic nitrogens is 1. The van der Waals surface area contributed by atoms with Crippen molar-refractivity contribution in [1.82, 2.24) is 9.88 Å². The lowest BCUT2D eigenvalue weighted by atomic mass is 10.1. The van der Waals surface area contributed by atoms with Gasteiger partial charge in [-0.2, -0.15) is 5.26 Å². The summed E-state index contributed by atoms with van der Waals surface area (Å²) in [7, 11) is 0. The smallest absolute Gasteiger partial charge is 0.227 e. The Morgan fingerprint density at radius 1 is 1.20 bits per heavy atom. The molecular formula is C19H20N4O2. The average Bonchev–Trinajstić information content (AvgIpc) is 2.60. The first-order valence-electron chi connectivity index (χ1n) is 7.98. The maximum atomic E-state index is 12.6. The maximum absolute atomic E-state index is 12.6. The van der Waals surface area contributed by atoms with Crippen LogP contribution in [0.15, 0.2) is 48.8 Å². The fraction of sp³-hybridized carbons (Fsp3) is 0.263. The first kappa shape index (κ1) is 18.1. The molecule has 0 spiro atoms. The highest BCUT2D eigenvalue weighted by Gasteiger charge is 2.14. The third kappa shape index (κ3) is 6.07. The van der Waals surface area contributed by atoms with E-state index in [0.29, 0.717) is 18.8 Å². The van der Waals surface area contributed by atoms with Crippen LogP contribution in [0.1, 0.15) is 24.5 Å². The molecule has 2 amide bonds. The van der Waals surface area contributed by atoms with Crippen molar-refractivity contribution in [2.45, 2.75) is 26.3 Å². The minimum absolute atomic E-state index is 0.0496. The molecule has 1 aromatic heterocycles. The van der Waals surface area contributed by atoms with E-state index in [2.05, 4.69) is 16.4 Å². The fourth-order valence-corrected chi connectivity index (χ4v) is 2.38. The summed E-state index contributed by atoms with van der Waals surface area (Å²) in [6.07, 6.45) is 3.93. The fourth-order valence-electron chi connectivity index (χ4n) is 2.38. The zero-order valence-corrected chi connectivity index (χ0v) is 14.1. The van der Waals surface area contributed by atoms with Gasteiger partial charge in [0.1, 0.15) is 0 Å². The summed E-state index contributed by atoms with van der Waals surface area (Å²) in [5.41, 5.74) is 2.47. The van der Waals surface area contributed by atoms with Crippen molar-refractivity contribution in [1.29, 1.82) is 5.26 Å². The third-order valence-electron chi connectivity index (χ3n) is 3.57. The molecule has 0 aliphatic rings. The molecule has 2 aromatic rings. The van der Waals surface area contributed by atoms with Gasteiger partial charge in [-0.15, -0.1) is 0 Å². The Morgan fingerprint density at radius 2 is 1.96 bits per heavy atom. The summed E-state index contributed by atoms with van der Waals surface area (Å²) in [6, 6.07) is 13.0. The Kier molecular flexibility index (Phi) is 6.66. The molecule has 2 rings (SSSR count). The number of pyridine rings is 1. The zero-order valence-electron chi connectivity index (χ0n) is 14.1. The highest BCUT2D eigenvalue weighted by Crippen LogP contribution is 2.12. The van der Waals surface area contributed by atoms with Crippen LogP contribution in [0.3, 0.4) is 0 Å². The van der Waals surface area contributed by atoms with Gasteiger partial charge >= 0.3 is 0 Å². The van der Waals surface area contributed by atoms with Gasteiger partial charge in [-0.05, 0) is 29.3 Å². The second-order valence-electron chi connectivity index (χ2n) is 5.64. The van der Waals surface area contributed by atoms with Crippen LogP contribution in [-0.2, 0) is 22.6 Å². The second-order valence-corrected chi connectivity index (χ2v) is 5.64. The molecule has 0 unspecified atom stereocenters. The largest absolute Gasteiger partial charge is 0.337 e. The Balaban J connectivity index is 2.03. The summed E-state index contributed by atoms with van der Waals surface area (Å²) >= 11 is 0. The van der Waals surface area contributed by atoms with Crippen LogP contribution >= 0.6 is 0 Å². The van der Waals surface area contributed by atoms with E-state index in [1.807, 2.05) is 24.3 Å². The summed E-state index contributed by atoms with van der Waals surface area (Å²) in [5, 5.41) is 11.5. The van der Waals surface area contributed by atoms with E-state index in [1.165, 1.54) is 6.92 Å². The number of hydrogen-bond donors (Lipinski definition) is 1. The summed E-state index contributed by atoms with van der Waals surface area (Å²) in [5.74, 6) is -0.186. The maximum Gasteiger partial charge on any atom is 0.227 e. The van der Waals surface area contributed by atoms with Gasteiger partial charge < -0.3 is 10.2 Å².